The Morgan fingerprint density at radius 3 is 2.68 bits per heavy atom. The lowest BCUT2D eigenvalue weighted by Gasteiger charge is -2.16. The highest BCUT2D eigenvalue weighted by atomic mass is 35.5. The van der Waals surface area contributed by atoms with Gasteiger partial charge in [0.25, 0.3) is 5.56 Å². The summed E-state index contributed by atoms with van der Waals surface area (Å²) < 4.78 is 7.86. The lowest BCUT2D eigenvalue weighted by Crippen LogP contribution is -2.40. The van der Waals surface area contributed by atoms with Crippen molar-refractivity contribution in [1.82, 2.24) is 14.1 Å². The van der Waals surface area contributed by atoms with Crippen LogP contribution in [0.4, 0.5) is 5.82 Å². The molecule has 9 heteroatoms. The maximum absolute atomic E-state index is 12.6. The molecule has 8 nitrogen and oxygen atoms in total. The Hall–Kier alpha value is -2.45. The molecule has 0 aromatic carbocycles. The van der Waals surface area contributed by atoms with E-state index in [1.165, 1.54) is 11.7 Å². The molecule has 0 radical (unpaired) electrons. The number of halogens is 1. The molecular formula is C19H25ClN4O4. The van der Waals surface area contributed by atoms with E-state index >= 15 is 0 Å². The molecule has 152 valence electrons. The fraction of sp³-hybridized carbons (Fsp3) is 0.474. The van der Waals surface area contributed by atoms with E-state index < -0.39 is 11.2 Å². The minimum atomic E-state index is -0.481. The molecule has 2 aromatic rings. The van der Waals surface area contributed by atoms with Gasteiger partial charge in [0.1, 0.15) is 5.82 Å². The van der Waals surface area contributed by atoms with Gasteiger partial charge in [0.2, 0.25) is 0 Å². The smallest absolute Gasteiger partial charge is 0.332 e. The maximum atomic E-state index is 12.6. The Bertz CT molecular complexity index is 926. The molecule has 1 unspecified atom stereocenters. The quantitative estimate of drug-likeness (QED) is 0.556. The molecular weight excluding hydrogens is 384 g/mol. The summed E-state index contributed by atoms with van der Waals surface area (Å²) in [6.45, 7) is 3.60. The molecule has 2 aromatic heterocycles. The molecule has 0 spiro atoms. The first-order valence-electron chi connectivity index (χ1n) is 8.94. The number of aliphatic hydroxyl groups excluding tert-OH is 1. The molecule has 0 fully saturated rings. The molecule has 2 heterocycles. The fourth-order valence-corrected chi connectivity index (χ4v) is 2.99. The Labute approximate surface area is 168 Å². The van der Waals surface area contributed by atoms with E-state index in [9.17, 15) is 9.59 Å². The summed E-state index contributed by atoms with van der Waals surface area (Å²) in [5.41, 5.74) is 0.265. The van der Waals surface area contributed by atoms with Gasteiger partial charge in [-0.1, -0.05) is 18.5 Å². The number of aliphatic imine (C=N–C) groups is 1. The number of hydrogen-bond donors (Lipinski definition) is 1. The summed E-state index contributed by atoms with van der Waals surface area (Å²) in [4.78, 5) is 33.9. The van der Waals surface area contributed by atoms with Crippen LogP contribution in [-0.4, -0.2) is 38.8 Å². The number of pyridine rings is 1. The van der Waals surface area contributed by atoms with E-state index in [1.807, 2.05) is 13.0 Å². The van der Waals surface area contributed by atoms with Crippen LogP contribution >= 0.6 is 11.6 Å². The van der Waals surface area contributed by atoms with Crippen LogP contribution in [0.2, 0.25) is 5.02 Å². The molecule has 0 amide bonds. The zero-order valence-electron chi connectivity index (χ0n) is 16.5. The number of hydrogen-bond acceptors (Lipinski definition) is 6. The van der Waals surface area contributed by atoms with Crippen molar-refractivity contribution in [3.63, 3.8) is 0 Å². The predicted octanol–water partition coefficient (Wildman–Crippen LogP) is 1.84. The number of methoxy groups -OCH3 is 1. The minimum absolute atomic E-state index is 0.0986. The molecule has 2 rings (SSSR count). The monoisotopic (exact) mass is 408 g/mol. The van der Waals surface area contributed by atoms with Gasteiger partial charge in [0.05, 0.1) is 17.7 Å². The van der Waals surface area contributed by atoms with Crippen molar-refractivity contribution in [2.75, 3.05) is 13.7 Å². The van der Waals surface area contributed by atoms with Gasteiger partial charge in [-0.05, 0) is 25.5 Å². The number of aliphatic hydroxyl groups is 1. The lowest BCUT2D eigenvalue weighted by molar-refractivity contribution is 0.277. The summed E-state index contributed by atoms with van der Waals surface area (Å²) in [6, 6.07) is 3.59. The lowest BCUT2D eigenvalue weighted by atomic mass is 10.1. The largest absolute Gasteiger partial charge is 0.484 e. The Balaban J connectivity index is 2.41. The van der Waals surface area contributed by atoms with Crippen molar-refractivity contribution in [1.29, 1.82) is 0 Å². The van der Waals surface area contributed by atoms with Gasteiger partial charge in [-0.15, -0.1) is 0 Å². The number of nitrogens with zero attached hydrogens (tertiary/aromatic N) is 4. The van der Waals surface area contributed by atoms with Gasteiger partial charge in [-0.3, -0.25) is 18.9 Å². The Kier molecular flexibility index (Phi) is 7.53. The van der Waals surface area contributed by atoms with Crippen LogP contribution in [0, 0.1) is 12.8 Å². The molecule has 0 aliphatic carbocycles. The van der Waals surface area contributed by atoms with Gasteiger partial charge in [0.15, 0.2) is 5.90 Å². The molecule has 28 heavy (non-hydrogen) atoms. The van der Waals surface area contributed by atoms with Crippen molar-refractivity contribution in [2.45, 2.75) is 33.2 Å². The van der Waals surface area contributed by atoms with Gasteiger partial charge < -0.3 is 9.84 Å². The first-order chi connectivity index (χ1) is 13.3. The average Bonchev–Trinajstić information content (AvgIpc) is 2.68. The summed E-state index contributed by atoms with van der Waals surface area (Å²) in [7, 11) is 3.06. The van der Waals surface area contributed by atoms with Gasteiger partial charge in [-0.25, -0.2) is 4.79 Å². The van der Waals surface area contributed by atoms with Crippen molar-refractivity contribution >= 4 is 23.3 Å². The second-order valence-electron chi connectivity index (χ2n) is 6.55. The van der Waals surface area contributed by atoms with E-state index in [2.05, 4.69) is 9.98 Å². The third kappa shape index (κ3) is 4.88. The minimum Gasteiger partial charge on any atom is -0.484 e. The van der Waals surface area contributed by atoms with Crippen LogP contribution in [-0.2, 0) is 24.8 Å². The van der Waals surface area contributed by atoms with Crippen LogP contribution in [0.1, 0.15) is 24.6 Å². The van der Waals surface area contributed by atoms with Crippen molar-refractivity contribution in [3.8, 4) is 0 Å². The van der Waals surface area contributed by atoms with Crippen molar-refractivity contribution in [3.05, 3.63) is 55.4 Å². The Morgan fingerprint density at radius 1 is 1.39 bits per heavy atom. The van der Waals surface area contributed by atoms with Crippen molar-refractivity contribution in [2.24, 2.45) is 18.0 Å². The normalized spacial score (nSPS) is 12.9. The van der Waals surface area contributed by atoms with Gasteiger partial charge >= 0.3 is 5.69 Å². The predicted molar refractivity (Wildman–Crippen MR) is 109 cm³/mol. The van der Waals surface area contributed by atoms with Crippen LogP contribution in [0.3, 0.4) is 0 Å². The van der Waals surface area contributed by atoms with Crippen LogP contribution < -0.4 is 11.2 Å². The summed E-state index contributed by atoms with van der Waals surface area (Å²) in [5.74, 6) is 0.510. The van der Waals surface area contributed by atoms with E-state index in [0.29, 0.717) is 29.3 Å². The molecule has 0 aliphatic rings. The van der Waals surface area contributed by atoms with Crippen LogP contribution in [0.25, 0.3) is 0 Å². The highest BCUT2D eigenvalue weighted by Crippen LogP contribution is 2.17. The van der Waals surface area contributed by atoms with Crippen molar-refractivity contribution < 1.29 is 9.84 Å². The van der Waals surface area contributed by atoms with E-state index in [1.54, 1.807) is 26.2 Å². The van der Waals surface area contributed by atoms with Crippen LogP contribution in [0.15, 0.2) is 32.9 Å². The molecule has 0 aliphatic heterocycles. The first-order valence-corrected chi connectivity index (χ1v) is 9.32. The summed E-state index contributed by atoms with van der Waals surface area (Å²) in [5, 5.41) is 9.54. The molecule has 0 saturated heterocycles. The summed E-state index contributed by atoms with van der Waals surface area (Å²) >= 11 is 5.87. The number of ether oxygens (including phenoxy) is 1. The number of aromatic nitrogens is 3. The first kappa shape index (κ1) is 21.8. The van der Waals surface area contributed by atoms with Gasteiger partial charge in [-0.2, -0.15) is 4.99 Å². The standard InChI is InChI=1S/C19H25ClN4O4/c1-12(10-15-7-6-14(20)11-21-15)17(28-4)22-16-13(2)18(26)24(8-5-9-25)19(27)23(16)3/h6-7,11-12,25H,5,8-10H2,1-4H3/b22-17+. The molecule has 1 atom stereocenters. The van der Waals surface area contributed by atoms with E-state index in [-0.39, 0.29) is 24.9 Å². The fourth-order valence-electron chi connectivity index (χ4n) is 2.88. The second kappa shape index (κ2) is 9.66. The highest BCUT2D eigenvalue weighted by Gasteiger charge is 2.18. The zero-order chi connectivity index (χ0) is 20.8. The topological polar surface area (TPSA) is 98.7 Å². The third-order valence-electron chi connectivity index (χ3n) is 4.43. The Morgan fingerprint density at radius 2 is 2.11 bits per heavy atom. The molecule has 1 N–H and O–H groups in total. The maximum Gasteiger partial charge on any atom is 0.332 e. The summed E-state index contributed by atoms with van der Waals surface area (Å²) in [6.07, 6.45) is 2.46. The molecule has 0 bridgehead atoms. The van der Waals surface area contributed by atoms with E-state index in [4.69, 9.17) is 21.4 Å². The highest BCUT2D eigenvalue weighted by molar-refractivity contribution is 6.30. The van der Waals surface area contributed by atoms with Gasteiger partial charge in [0, 0.05) is 44.4 Å². The van der Waals surface area contributed by atoms with Crippen LogP contribution in [0.5, 0.6) is 0 Å². The van der Waals surface area contributed by atoms with E-state index in [0.717, 1.165) is 10.3 Å². The third-order valence-corrected chi connectivity index (χ3v) is 4.65. The second-order valence-corrected chi connectivity index (χ2v) is 6.99. The zero-order valence-corrected chi connectivity index (χ0v) is 17.2. The average molecular weight is 409 g/mol. The SMILES string of the molecule is CO/C(=N/c1c(C)c(=O)n(CCCO)c(=O)n1C)C(C)Cc1ccc(Cl)cn1. The number of rotatable bonds is 7. The molecule has 0 saturated carbocycles.